The second-order valence-corrected chi connectivity index (χ2v) is 5.35. The zero-order valence-electron chi connectivity index (χ0n) is 9.64. The summed E-state index contributed by atoms with van der Waals surface area (Å²) < 4.78 is 0. The van der Waals surface area contributed by atoms with E-state index in [-0.39, 0.29) is 29.4 Å². The van der Waals surface area contributed by atoms with E-state index in [0.717, 1.165) is 29.8 Å². The van der Waals surface area contributed by atoms with Crippen LogP contribution < -0.4 is 5.32 Å². The molecule has 2 fully saturated rings. The summed E-state index contributed by atoms with van der Waals surface area (Å²) in [5, 5.41) is 2.43. The number of hydrogen-bond donors (Lipinski definition) is 1. The van der Waals surface area contributed by atoms with Crippen LogP contribution in [0.4, 0.5) is 4.79 Å². The number of nitrogens with one attached hydrogen (secondary N) is 1. The highest BCUT2D eigenvalue weighted by Gasteiger charge is 2.31. The van der Waals surface area contributed by atoms with E-state index in [2.05, 4.69) is 10.2 Å². The summed E-state index contributed by atoms with van der Waals surface area (Å²) in [7, 11) is 2.02. The molecule has 2 saturated heterocycles. The van der Waals surface area contributed by atoms with Crippen LogP contribution in [0.15, 0.2) is 0 Å². The Kier molecular flexibility index (Phi) is 3.68. The van der Waals surface area contributed by atoms with Gasteiger partial charge in [-0.2, -0.15) is 0 Å². The second-order valence-electron chi connectivity index (χ2n) is 4.43. The summed E-state index contributed by atoms with van der Waals surface area (Å²) in [6.45, 7) is 2.44. The monoisotopic (exact) mass is 257 g/mol. The number of hydrogen-bond acceptors (Lipinski definition) is 5. The highest BCUT2D eigenvalue weighted by Crippen LogP contribution is 2.18. The van der Waals surface area contributed by atoms with E-state index in [4.69, 9.17) is 0 Å². The van der Waals surface area contributed by atoms with Crippen molar-refractivity contribution in [3.63, 3.8) is 0 Å². The largest absolute Gasteiger partial charge is 0.354 e. The summed E-state index contributed by atoms with van der Waals surface area (Å²) in [4.78, 5) is 37.2. The van der Waals surface area contributed by atoms with Crippen molar-refractivity contribution >= 4 is 28.8 Å². The van der Waals surface area contributed by atoms with Gasteiger partial charge < -0.3 is 10.2 Å². The maximum absolute atomic E-state index is 11.5. The number of carbonyl (C=O) groups excluding carboxylic acids is 3. The molecule has 7 heteroatoms. The Morgan fingerprint density at radius 1 is 1.47 bits per heavy atom. The maximum Gasteiger partial charge on any atom is 0.289 e. The molecule has 2 aliphatic heterocycles. The lowest BCUT2D eigenvalue weighted by Gasteiger charge is -2.36. The van der Waals surface area contributed by atoms with Crippen molar-refractivity contribution in [2.45, 2.75) is 0 Å². The van der Waals surface area contributed by atoms with Gasteiger partial charge in [0.25, 0.3) is 5.24 Å². The van der Waals surface area contributed by atoms with Gasteiger partial charge in [0.05, 0.1) is 5.75 Å². The van der Waals surface area contributed by atoms with Crippen molar-refractivity contribution in [1.29, 1.82) is 0 Å². The molecule has 0 aliphatic carbocycles. The number of likely N-dealkylation sites (tertiary alicyclic amines) is 1. The Morgan fingerprint density at radius 2 is 2.18 bits per heavy atom. The van der Waals surface area contributed by atoms with Crippen molar-refractivity contribution in [1.82, 2.24) is 15.1 Å². The molecule has 6 nitrogen and oxygen atoms in total. The SMILES string of the molecule is CN1CC(CNC(=O)CN2C(=O)CSC2=O)C1. The van der Waals surface area contributed by atoms with Gasteiger partial charge in [-0.25, -0.2) is 0 Å². The lowest BCUT2D eigenvalue weighted by molar-refractivity contribution is -0.130. The zero-order chi connectivity index (χ0) is 12.4. The number of amides is 3. The molecule has 3 amide bonds. The van der Waals surface area contributed by atoms with E-state index >= 15 is 0 Å². The molecule has 2 rings (SSSR count). The lowest BCUT2D eigenvalue weighted by atomic mass is 10.0. The van der Waals surface area contributed by atoms with Crippen LogP contribution in [0, 0.1) is 5.92 Å². The highest BCUT2D eigenvalue weighted by atomic mass is 32.2. The standard InChI is InChI=1S/C10H15N3O3S/c1-12-3-7(4-12)2-11-8(14)5-13-9(15)6-17-10(13)16/h7H,2-6H2,1H3,(H,11,14). The first-order valence-electron chi connectivity index (χ1n) is 5.48. The van der Waals surface area contributed by atoms with Crippen LogP contribution in [0.1, 0.15) is 0 Å². The summed E-state index contributed by atoms with van der Waals surface area (Å²) in [5.74, 6) is 0.102. The molecule has 0 unspecified atom stereocenters. The fourth-order valence-electron chi connectivity index (χ4n) is 1.95. The molecule has 94 valence electrons. The second kappa shape index (κ2) is 5.05. The van der Waals surface area contributed by atoms with E-state index in [1.54, 1.807) is 0 Å². The Labute approximate surface area is 104 Å². The molecule has 0 radical (unpaired) electrons. The Morgan fingerprint density at radius 3 is 2.71 bits per heavy atom. The van der Waals surface area contributed by atoms with Crippen LogP contribution in [0.25, 0.3) is 0 Å². The first-order chi connectivity index (χ1) is 8.06. The van der Waals surface area contributed by atoms with Crippen molar-refractivity contribution < 1.29 is 14.4 Å². The molecular weight excluding hydrogens is 242 g/mol. The Balaban J connectivity index is 1.70. The van der Waals surface area contributed by atoms with Crippen molar-refractivity contribution in [2.24, 2.45) is 5.92 Å². The van der Waals surface area contributed by atoms with Gasteiger partial charge in [0.2, 0.25) is 11.8 Å². The molecule has 2 heterocycles. The fraction of sp³-hybridized carbons (Fsp3) is 0.700. The number of nitrogens with zero attached hydrogens (tertiary/aromatic N) is 2. The quantitative estimate of drug-likeness (QED) is 0.725. The minimum atomic E-state index is -0.325. The van der Waals surface area contributed by atoms with Crippen LogP contribution in [-0.4, -0.2) is 65.8 Å². The molecule has 0 spiro atoms. The number of rotatable bonds is 4. The van der Waals surface area contributed by atoms with Crippen molar-refractivity contribution in [2.75, 3.05) is 39.0 Å². The maximum atomic E-state index is 11.5. The summed E-state index contributed by atoms with van der Waals surface area (Å²) in [5.41, 5.74) is 0. The topological polar surface area (TPSA) is 69.7 Å². The molecule has 0 aromatic heterocycles. The predicted octanol–water partition coefficient (Wildman–Crippen LogP) is -0.640. The van der Waals surface area contributed by atoms with E-state index in [0.29, 0.717) is 12.5 Å². The van der Waals surface area contributed by atoms with Crippen LogP contribution in [0.3, 0.4) is 0 Å². The molecule has 0 atom stereocenters. The molecule has 0 saturated carbocycles. The average Bonchev–Trinajstić information content (AvgIpc) is 2.54. The average molecular weight is 257 g/mol. The first-order valence-corrected chi connectivity index (χ1v) is 6.47. The van der Waals surface area contributed by atoms with Crippen LogP contribution in [0.5, 0.6) is 0 Å². The van der Waals surface area contributed by atoms with Gasteiger partial charge in [-0.15, -0.1) is 0 Å². The van der Waals surface area contributed by atoms with Crippen molar-refractivity contribution in [3.05, 3.63) is 0 Å². The smallest absolute Gasteiger partial charge is 0.289 e. The highest BCUT2D eigenvalue weighted by molar-refractivity contribution is 8.14. The Hall–Kier alpha value is -1.08. The molecule has 0 aromatic rings. The predicted molar refractivity (Wildman–Crippen MR) is 63.6 cm³/mol. The van der Waals surface area contributed by atoms with Crippen LogP contribution >= 0.6 is 11.8 Å². The van der Waals surface area contributed by atoms with E-state index in [1.807, 2.05) is 7.05 Å². The van der Waals surface area contributed by atoms with Gasteiger partial charge in [-0.1, -0.05) is 11.8 Å². The third-order valence-electron chi connectivity index (χ3n) is 2.87. The lowest BCUT2D eigenvalue weighted by Crippen LogP contribution is -2.50. The van der Waals surface area contributed by atoms with Gasteiger partial charge >= 0.3 is 0 Å². The number of imide groups is 1. The fourth-order valence-corrected chi connectivity index (χ4v) is 2.67. The van der Waals surface area contributed by atoms with Gasteiger partial charge in [-0.3, -0.25) is 19.3 Å². The third-order valence-corrected chi connectivity index (χ3v) is 3.73. The van der Waals surface area contributed by atoms with E-state index in [1.165, 1.54) is 0 Å². The minimum Gasteiger partial charge on any atom is -0.354 e. The van der Waals surface area contributed by atoms with Crippen molar-refractivity contribution in [3.8, 4) is 0 Å². The van der Waals surface area contributed by atoms with Gasteiger partial charge in [-0.05, 0) is 7.05 Å². The first kappa shape index (κ1) is 12.4. The molecule has 0 bridgehead atoms. The van der Waals surface area contributed by atoms with Gasteiger partial charge in [0.1, 0.15) is 6.54 Å². The molecule has 0 aromatic carbocycles. The van der Waals surface area contributed by atoms with Crippen LogP contribution in [-0.2, 0) is 9.59 Å². The summed E-state index contributed by atoms with van der Waals surface area (Å²) in [6.07, 6.45) is 0. The number of carbonyl (C=O) groups is 3. The summed E-state index contributed by atoms with van der Waals surface area (Å²) >= 11 is 0.947. The molecular formula is C10H15N3O3S. The Bertz CT molecular complexity index is 339. The minimum absolute atomic E-state index is 0.146. The van der Waals surface area contributed by atoms with E-state index in [9.17, 15) is 14.4 Å². The number of thioether (sulfide) groups is 1. The molecule has 17 heavy (non-hydrogen) atoms. The molecule has 1 N–H and O–H groups in total. The third kappa shape index (κ3) is 2.98. The summed E-state index contributed by atoms with van der Waals surface area (Å²) in [6, 6.07) is 0. The normalized spacial score (nSPS) is 21.8. The molecule has 2 aliphatic rings. The van der Waals surface area contributed by atoms with E-state index < -0.39 is 0 Å². The van der Waals surface area contributed by atoms with Crippen LogP contribution in [0.2, 0.25) is 0 Å². The zero-order valence-corrected chi connectivity index (χ0v) is 10.5. The van der Waals surface area contributed by atoms with Gasteiger partial charge in [0, 0.05) is 25.6 Å². The van der Waals surface area contributed by atoms with Gasteiger partial charge in [0.15, 0.2) is 0 Å².